The molecule has 0 aliphatic rings. The highest BCUT2D eigenvalue weighted by Gasteiger charge is 2.18. The molecule has 7 heteroatoms. The van der Waals surface area contributed by atoms with Gasteiger partial charge in [-0.1, -0.05) is 58.4 Å². The maximum absolute atomic E-state index is 12.9. The maximum atomic E-state index is 12.9. The van der Waals surface area contributed by atoms with Crippen molar-refractivity contribution < 1.29 is 14.3 Å². The first kappa shape index (κ1) is 23.5. The molecular weight excluding hydrogens is 470 g/mol. The molecule has 1 unspecified atom stereocenters. The van der Waals surface area contributed by atoms with Gasteiger partial charge in [-0.25, -0.2) is 0 Å². The average Bonchev–Trinajstić information content (AvgIpc) is 2.80. The number of ether oxygens (including phenoxy) is 1. The highest BCUT2D eigenvalue weighted by atomic mass is 79.9. The fraction of sp³-hybridized carbons (Fsp3) is 0.200. The van der Waals surface area contributed by atoms with Crippen molar-refractivity contribution in [1.29, 1.82) is 0 Å². The number of hydrogen-bond donors (Lipinski definition) is 2. The predicted molar refractivity (Wildman–Crippen MR) is 130 cm³/mol. The Labute approximate surface area is 196 Å². The summed E-state index contributed by atoms with van der Waals surface area (Å²) in [6.45, 7) is 0.235. The van der Waals surface area contributed by atoms with E-state index < -0.39 is 0 Å². The number of halogens is 1. The van der Waals surface area contributed by atoms with E-state index in [1.165, 1.54) is 0 Å². The summed E-state index contributed by atoms with van der Waals surface area (Å²) in [7, 11) is 3.95. The Hall–Kier alpha value is -3.16. The van der Waals surface area contributed by atoms with Gasteiger partial charge in [0.15, 0.2) is 6.61 Å². The SMILES string of the molecule is CN(C)C(CNC(=O)c1ccccc1OCC(=O)Nc1ccc(Br)cc1)c1ccccc1. The smallest absolute Gasteiger partial charge is 0.262 e. The molecule has 2 amide bonds. The molecule has 1 atom stereocenters. The Morgan fingerprint density at radius 3 is 2.28 bits per heavy atom. The van der Waals surface area contributed by atoms with Gasteiger partial charge in [-0.2, -0.15) is 0 Å². The van der Waals surface area contributed by atoms with E-state index in [1.54, 1.807) is 36.4 Å². The minimum atomic E-state index is -0.306. The summed E-state index contributed by atoms with van der Waals surface area (Å²) in [5, 5.41) is 5.75. The molecule has 0 aliphatic carbocycles. The van der Waals surface area contributed by atoms with Crippen molar-refractivity contribution in [3.05, 3.63) is 94.5 Å². The van der Waals surface area contributed by atoms with Crippen molar-refractivity contribution in [2.45, 2.75) is 6.04 Å². The summed E-state index contributed by atoms with van der Waals surface area (Å²) in [5.74, 6) is -0.201. The maximum Gasteiger partial charge on any atom is 0.262 e. The second kappa shape index (κ2) is 11.5. The first-order valence-corrected chi connectivity index (χ1v) is 11.0. The van der Waals surface area contributed by atoms with Gasteiger partial charge in [0.1, 0.15) is 5.75 Å². The Kier molecular flexibility index (Phi) is 8.41. The molecule has 3 aromatic carbocycles. The van der Waals surface area contributed by atoms with Crippen LogP contribution in [0.3, 0.4) is 0 Å². The summed E-state index contributed by atoms with van der Waals surface area (Å²) >= 11 is 3.36. The standard InChI is InChI=1S/C25H26BrN3O3/c1-29(2)22(18-8-4-3-5-9-18)16-27-25(31)21-10-6-7-11-23(21)32-17-24(30)28-20-14-12-19(26)13-15-20/h3-15,22H,16-17H2,1-2H3,(H,27,31)(H,28,30). The zero-order valence-electron chi connectivity index (χ0n) is 18.0. The van der Waals surface area contributed by atoms with Crippen molar-refractivity contribution in [2.75, 3.05) is 32.6 Å². The molecule has 0 aliphatic heterocycles. The van der Waals surface area contributed by atoms with Crippen LogP contribution in [0, 0.1) is 0 Å². The minimum Gasteiger partial charge on any atom is -0.483 e. The van der Waals surface area contributed by atoms with E-state index >= 15 is 0 Å². The fourth-order valence-corrected chi connectivity index (χ4v) is 3.48. The van der Waals surface area contributed by atoms with Crippen molar-refractivity contribution in [3.8, 4) is 5.75 Å². The van der Waals surface area contributed by atoms with E-state index in [0.29, 0.717) is 23.5 Å². The molecule has 0 radical (unpaired) electrons. The lowest BCUT2D eigenvalue weighted by molar-refractivity contribution is -0.118. The number of carbonyl (C=O) groups is 2. The van der Waals surface area contributed by atoms with Gasteiger partial charge in [-0.05, 0) is 56.1 Å². The molecule has 0 saturated heterocycles. The van der Waals surface area contributed by atoms with E-state index in [9.17, 15) is 9.59 Å². The van der Waals surface area contributed by atoms with Gasteiger partial charge >= 0.3 is 0 Å². The first-order chi connectivity index (χ1) is 15.4. The second-order valence-corrected chi connectivity index (χ2v) is 8.36. The molecule has 32 heavy (non-hydrogen) atoms. The summed E-state index contributed by atoms with van der Waals surface area (Å²) in [5.41, 5.74) is 2.17. The summed E-state index contributed by atoms with van der Waals surface area (Å²) in [6, 6.07) is 24.2. The third-order valence-corrected chi connectivity index (χ3v) is 5.41. The second-order valence-electron chi connectivity index (χ2n) is 7.44. The number of nitrogens with one attached hydrogen (secondary N) is 2. The lowest BCUT2D eigenvalue weighted by Crippen LogP contribution is -2.34. The number of carbonyl (C=O) groups excluding carboxylic acids is 2. The van der Waals surface area contributed by atoms with Crippen LogP contribution < -0.4 is 15.4 Å². The van der Waals surface area contributed by atoms with Crippen molar-refractivity contribution >= 4 is 33.4 Å². The van der Waals surface area contributed by atoms with Gasteiger partial charge in [-0.3, -0.25) is 9.59 Å². The summed E-state index contributed by atoms with van der Waals surface area (Å²) in [6.07, 6.45) is 0. The van der Waals surface area contributed by atoms with Crippen LogP contribution in [0.2, 0.25) is 0 Å². The van der Waals surface area contributed by atoms with Crippen molar-refractivity contribution in [1.82, 2.24) is 10.2 Å². The van der Waals surface area contributed by atoms with Gasteiger partial charge < -0.3 is 20.3 Å². The highest BCUT2D eigenvalue weighted by Crippen LogP contribution is 2.20. The van der Waals surface area contributed by atoms with Gasteiger partial charge in [-0.15, -0.1) is 0 Å². The first-order valence-electron chi connectivity index (χ1n) is 10.2. The zero-order chi connectivity index (χ0) is 22.9. The topological polar surface area (TPSA) is 70.7 Å². The average molecular weight is 496 g/mol. The van der Waals surface area contributed by atoms with Crippen LogP contribution in [0.5, 0.6) is 5.75 Å². The van der Waals surface area contributed by atoms with Crippen LogP contribution >= 0.6 is 15.9 Å². The molecule has 0 heterocycles. The number of hydrogen-bond acceptors (Lipinski definition) is 4. The Balaban J connectivity index is 1.60. The molecule has 0 bridgehead atoms. The van der Waals surface area contributed by atoms with E-state index in [4.69, 9.17) is 4.74 Å². The number of likely N-dealkylation sites (N-methyl/N-ethyl adjacent to an activating group) is 1. The third-order valence-electron chi connectivity index (χ3n) is 4.88. The molecular formula is C25H26BrN3O3. The largest absolute Gasteiger partial charge is 0.483 e. The molecule has 3 aromatic rings. The lowest BCUT2D eigenvalue weighted by atomic mass is 10.1. The van der Waals surface area contributed by atoms with Crippen molar-refractivity contribution in [3.63, 3.8) is 0 Å². The van der Waals surface area contributed by atoms with E-state index in [-0.39, 0.29) is 24.5 Å². The van der Waals surface area contributed by atoms with Gasteiger partial charge in [0, 0.05) is 16.7 Å². The number of benzene rings is 3. The van der Waals surface area contributed by atoms with Crippen LogP contribution in [-0.4, -0.2) is 44.0 Å². The fourth-order valence-electron chi connectivity index (χ4n) is 3.21. The molecule has 3 rings (SSSR count). The number of amides is 2. The number of anilines is 1. The zero-order valence-corrected chi connectivity index (χ0v) is 19.6. The van der Waals surface area contributed by atoms with E-state index in [2.05, 4.69) is 31.5 Å². The quantitative estimate of drug-likeness (QED) is 0.458. The van der Waals surface area contributed by atoms with E-state index in [0.717, 1.165) is 10.0 Å². The van der Waals surface area contributed by atoms with Crippen LogP contribution in [-0.2, 0) is 4.79 Å². The monoisotopic (exact) mass is 495 g/mol. The number of para-hydroxylation sites is 1. The van der Waals surface area contributed by atoms with Crippen molar-refractivity contribution in [2.24, 2.45) is 0 Å². The Bertz CT molecular complexity index is 1040. The molecule has 6 nitrogen and oxygen atoms in total. The normalized spacial score (nSPS) is 11.6. The Morgan fingerprint density at radius 1 is 0.938 bits per heavy atom. The molecule has 0 aromatic heterocycles. The van der Waals surface area contributed by atoms with Gasteiger partial charge in [0.2, 0.25) is 0 Å². The van der Waals surface area contributed by atoms with Gasteiger partial charge in [0.25, 0.3) is 11.8 Å². The number of nitrogens with zero attached hydrogens (tertiary/aromatic N) is 1. The minimum absolute atomic E-state index is 0.0323. The summed E-state index contributed by atoms with van der Waals surface area (Å²) in [4.78, 5) is 27.2. The molecule has 0 spiro atoms. The van der Waals surface area contributed by atoms with Crippen LogP contribution in [0.1, 0.15) is 22.0 Å². The van der Waals surface area contributed by atoms with Gasteiger partial charge in [0.05, 0.1) is 11.6 Å². The number of rotatable bonds is 9. The van der Waals surface area contributed by atoms with Crippen LogP contribution in [0.15, 0.2) is 83.3 Å². The lowest BCUT2D eigenvalue weighted by Gasteiger charge is -2.25. The predicted octanol–water partition coefficient (Wildman–Crippen LogP) is 4.50. The molecule has 2 N–H and O–H groups in total. The molecule has 166 valence electrons. The third kappa shape index (κ3) is 6.67. The van der Waals surface area contributed by atoms with Crippen LogP contribution in [0.4, 0.5) is 5.69 Å². The molecule has 0 saturated carbocycles. The highest BCUT2D eigenvalue weighted by molar-refractivity contribution is 9.10. The summed E-state index contributed by atoms with van der Waals surface area (Å²) < 4.78 is 6.59. The Morgan fingerprint density at radius 2 is 1.59 bits per heavy atom. The van der Waals surface area contributed by atoms with E-state index in [1.807, 2.05) is 56.6 Å². The molecule has 0 fully saturated rings. The van der Waals surface area contributed by atoms with Crippen LogP contribution in [0.25, 0.3) is 0 Å².